The average molecular weight is 500 g/mol. The Bertz CT molecular complexity index is 1240. The molecule has 3 aromatic carbocycles. The first-order valence-corrected chi connectivity index (χ1v) is 10.9. The lowest BCUT2D eigenvalue weighted by atomic mass is 10.2. The predicted octanol–water partition coefficient (Wildman–Crippen LogP) is 4.55. The molecule has 0 saturated heterocycles. The molecule has 0 aliphatic heterocycles. The lowest BCUT2D eigenvalue weighted by molar-refractivity contribution is -0.136. The van der Waals surface area contributed by atoms with Crippen LogP contribution in [0.1, 0.15) is 18.1 Å². The van der Waals surface area contributed by atoms with Crippen LogP contribution in [0.3, 0.4) is 0 Å². The number of nitrogens with one attached hydrogen (secondary N) is 2. The first kappa shape index (κ1) is 25.5. The van der Waals surface area contributed by atoms with Crippen LogP contribution >= 0.6 is 11.6 Å². The van der Waals surface area contributed by atoms with Crippen molar-refractivity contribution in [3.63, 3.8) is 0 Å². The molecule has 0 saturated carbocycles. The van der Waals surface area contributed by atoms with Gasteiger partial charge in [-0.1, -0.05) is 29.8 Å². The molecule has 8 nitrogen and oxygen atoms in total. The quantitative estimate of drug-likeness (QED) is 0.255. The smallest absolute Gasteiger partial charge is 0.329 e. The Morgan fingerprint density at radius 1 is 1.00 bits per heavy atom. The highest BCUT2D eigenvalue weighted by Crippen LogP contribution is 2.29. The number of anilines is 1. The first-order chi connectivity index (χ1) is 16.9. The second-order valence-corrected chi connectivity index (χ2v) is 7.45. The van der Waals surface area contributed by atoms with E-state index in [1.54, 1.807) is 48.5 Å². The molecule has 0 aromatic heterocycles. The van der Waals surface area contributed by atoms with E-state index in [9.17, 15) is 14.0 Å². The van der Waals surface area contributed by atoms with Gasteiger partial charge in [0.15, 0.2) is 11.5 Å². The van der Waals surface area contributed by atoms with Gasteiger partial charge in [-0.25, -0.2) is 9.82 Å². The van der Waals surface area contributed by atoms with Crippen LogP contribution in [0.4, 0.5) is 10.1 Å². The second-order valence-electron chi connectivity index (χ2n) is 7.02. The van der Waals surface area contributed by atoms with Gasteiger partial charge in [0.2, 0.25) is 0 Å². The Kier molecular flexibility index (Phi) is 9.02. The van der Waals surface area contributed by atoms with Crippen LogP contribution < -0.4 is 25.0 Å². The molecule has 0 radical (unpaired) electrons. The third-order valence-corrected chi connectivity index (χ3v) is 4.84. The van der Waals surface area contributed by atoms with Crippen molar-refractivity contribution >= 4 is 35.3 Å². The number of nitrogens with zero attached hydrogens (tertiary/aromatic N) is 1. The molecular formula is C25H23ClFN3O5. The van der Waals surface area contributed by atoms with Crippen LogP contribution in [-0.2, 0) is 16.2 Å². The number of hydrazone groups is 1. The minimum Gasteiger partial charge on any atom is -0.495 e. The van der Waals surface area contributed by atoms with E-state index in [1.807, 2.05) is 6.92 Å². The predicted molar refractivity (Wildman–Crippen MR) is 131 cm³/mol. The van der Waals surface area contributed by atoms with Gasteiger partial charge in [0.25, 0.3) is 0 Å². The van der Waals surface area contributed by atoms with Crippen LogP contribution in [0.5, 0.6) is 17.2 Å². The third-order valence-electron chi connectivity index (χ3n) is 4.60. The van der Waals surface area contributed by atoms with Crippen molar-refractivity contribution in [2.75, 3.05) is 19.0 Å². The van der Waals surface area contributed by atoms with Gasteiger partial charge in [0, 0.05) is 10.6 Å². The molecule has 3 rings (SSSR count). The third kappa shape index (κ3) is 7.18. The summed E-state index contributed by atoms with van der Waals surface area (Å²) in [7, 11) is 1.43. The Morgan fingerprint density at radius 2 is 1.77 bits per heavy atom. The highest BCUT2D eigenvalue weighted by atomic mass is 35.5. The number of carbonyl (C=O) groups excluding carboxylic acids is 2. The van der Waals surface area contributed by atoms with Crippen molar-refractivity contribution < 1.29 is 28.2 Å². The Labute approximate surface area is 206 Å². The van der Waals surface area contributed by atoms with Crippen LogP contribution in [-0.4, -0.2) is 31.7 Å². The fourth-order valence-electron chi connectivity index (χ4n) is 2.94. The first-order valence-electron chi connectivity index (χ1n) is 10.5. The zero-order valence-electron chi connectivity index (χ0n) is 19.0. The summed E-state index contributed by atoms with van der Waals surface area (Å²) in [5.41, 5.74) is 3.39. The molecule has 3 aromatic rings. The maximum absolute atomic E-state index is 13.8. The van der Waals surface area contributed by atoms with E-state index in [2.05, 4.69) is 15.8 Å². The van der Waals surface area contributed by atoms with Crippen molar-refractivity contribution in [2.45, 2.75) is 13.5 Å². The van der Waals surface area contributed by atoms with E-state index in [-0.39, 0.29) is 18.1 Å². The van der Waals surface area contributed by atoms with E-state index < -0.39 is 11.8 Å². The van der Waals surface area contributed by atoms with Crippen molar-refractivity contribution in [1.82, 2.24) is 5.43 Å². The maximum Gasteiger partial charge on any atom is 0.329 e. The number of amides is 2. The molecule has 0 spiro atoms. The van der Waals surface area contributed by atoms with Gasteiger partial charge >= 0.3 is 11.8 Å². The topological polar surface area (TPSA) is 98.2 Å². The second kappa shape index (κ2) is 12.4. The lowest BCUT2D eigenvalue weighted by Crippen LogP contribution is -2.32. The summed E-state index contributed by atoms with van der Waals surface area (Å²) in [5, 5.41) is 6.60. The SMILES string of the molecule is CCOc1cc(/C=N/NC(=O)C(=O)Nc2cc(Cl)ccc2OC)ccc1OCc1ccccc1F. The molecule has 0 bridgehead atoms. The lowest BCUT2D eigenvalue weighted by Gasteiger charge is -2.13. The number of hydrogen-bond donors (Lipinski definition) is 2. The summed E-state index contributed by atoms with van der Waals surface area (Å²) in [6.45, 7) is 2.22. The summed E-state index contributed by atoms with van der Waals surface area (Å²) in [4.78, 5) is 24.3. The number of benzene rings is 3. The summed E-state index contributed by atoms with van der Waals surface area (Å²) in [5.74, 6) is -1.11. The fourth-order valence-corrected chi connectivity index (χ4v) is 3.11. The van der Waals surface area contributed by atoms with Crippen molar-refractivity contribution in [3.05, 3.63) is 82.6 Å². The number of rotatable bonds is 9. The molecule has 0 atom stereocenters. The van der Waals surface area contributed by atoms with E-state index in [1.165, 1.54) is 25.5 Å². The molecule has 2 amide bonds. The summed E-state index contributed by atoms with van der Waals surface area (Å²) in [6.07, 6.45) is 1.34. The van der Waals surface area contributed by atoms with E-state index >= 15 is 0 Å². The standard InChI is InChI=1S/C25H23ClFN3O5/c1-3-34-23-12-16(8-10-22(23)35-15-17-6-4-5-7-19(17)27)14-28-30-25(32)24(31)29-20-13-18(26)9-11-21(20)33-2/h4-14H,3,15H2,1-2H3,(H,29,31)(H,30,32)/b28-14+. The molecule has 0 aliphatic carbocycles. The van der Waals surface area contributed by atoms with E-state index in [0.29, 0.717) is 40.0 Å². The van der Waals surface area contributed by atoms with Gasteiger partial charge in [0.1, 0.15) is 18.2 Å². The molecule has 182 valence electrons. The summed E-state index contributed by atoms with van der Waals surface area (Å²) in [6, 6.07) is 15.9. The van der Waals surface area contributed by atoms with Crippen molar-refractivity contribution in [2.24, 2.45) is 5.10 Å². The van der Waals surface area contributed by atoms with Gasteiger partial charge < -0.3 is 19.5 Å². The maximum atomic E-state index is 13.8. The molecule has 35 heavy (non-hydrogen) atoms. The van der Waals surface area contributed by atoms with E-state index in [0.717, 1.165) is 0 Å². The molecule has 0 fully saturated rings. The van der Waals surface area contributed by atoms with Crippen LogP contribution in [0.15, 0.2) is 65.8 Å². The Morgan fingerprint density at radius 3 is 2.51 bits per heavy atom. The van der Waals surface area contributed by atoms with Crippen molar-refractivity contribution in [1.29, 1.82) is 0 Å². The van der Waals surface area contributed by atoms with Crippen molar-refractivity contribution in [3.8, 4) is 17.2 Å². The molecule has 0 heterocycles. The van der Waals surface area contributed by atoms with Crippen LogP contribution in [0.25, 0.3) is 0 Å². The average Bonchev–Trinajstić information content (AvgIpc) is 2.84. The van der Waals surface area contributed by atoms with Gasteiger partial charge in [0.05, 0.1) is 25.6 Å². The fraction of sp³-hybridized carbons (Fsp3) is 0.160. The Hall–Kier alpha value is -4.11. The minimum absolute atomic E-state index is 0.0305. The minimum atomic E-state index is -0.988. The zero-order chi connectivity index (χ0) is 25.2. The molecule has 2 N–H and O–H groups in total. The molecule has 0 aliphatic rings. The molecule has 10 heteroatoms. The van der Waals surface area contributed by atoms with Crippen LogP contribution in [0.2, 0.25) is 5.02 Å². The van der Waals surface area contributed by atoms with Gasteiger partial charge in [-0.2, -0.15) is 5.10 Å². The zero-order valence-corrected chi connectivity index (χ0v) is 19.8. The van der Waals surface area contributed by atoms with Crippen LogP contribution in [0, 0.1) is 5.82 Å². The number of ether oxygens (including phenoxy) is 3. The number of methoxy groups -OCH3 is 1. The monoisotopic (exact) mass is 499 g/mol. The molecule has 0 unspecified atom stereocenters. The highest BCUT2D eigenvalue weighted by Gasteiger charge is 2.16. The highest BCUT2D eigenvalue weighted by molar-refractivity contribution is 6.40. The number of halogens is 2. The largest absolute Gasteiger partial charge is 0.495 e. The van der Waals surface area contributed by atoms with Gasteiger partial charge in [-0.3, -0.25) is 9.59 Å². The van der Waals surface area contributed by atoms with E-state index in [4.69, 9.17) is 25.8 Å². The number of carbonyl (C=O) groups is 2. The number of hydrogen-bond acceptors (Lipinski definition) is 6. The molecular weight excluding hydrogens is 477 g/mol. The van der Waals surface area contributed by atoms with Gasteiger partial charge in [-0.15, -0.1) is 0 Å². The van der Waals surface area contributed by atoms with Gasteiger partial charge in [-0.05, 0) is 55.0 Å². The summed E-state index contributed by atoms with van der Waals surface area (Å²) >= 11 is 5.93. The summed E-state index contributed by atoms with van der Waals surface area (Å²) < 4.78 is 30.3. The Balaban J connectivity index is 1.62. The normalized spacial score (nSPS) is 10.6.